The molecule has 1 aromatic carbocycles. The number of hydrogen-bond donors (Lipinski definition) is 2. The van der Waals surface area contributed by atoms with Crippen molar-refractivity contribution in [3.8, 4) is 0 Å². The molecule has 0 saturated carbocycles. The van der Waals surface area contributed by atoms with Crippen molar-refractivity contribution in [2.75, 3.05) is 4.90 Å². The topological polar surface area (TPSA) is 58.4 Å². The van der Waals surface area contributed by atoms with Crippen molar-refractivity contribution in [1.82, 2.24) is 5.43 Å². The van der Waals surface area contributed by atoms with Crippen LogP contribution in [0.5, 0.6) is 0 Å². The monoisotopic (exact) mass is 323 g/mol. The molecule has 3 N–H and O–H groups in total. The van der Waals surface area contributed by atoms with Gasteiger partial charge in [0.1, 0.15) is 6.04 Å². The first-order chi connectivity index (χ1) is 10.2. The Labute approximate surface area is 138 Å². The summed E-state index contributed by atoms with van der Waals surface area (Å²) >= 11 is 6.17. The summed E-state index contributed by atoms with van der Waals surface area (Å²) in [6.45, 7) is 10.7. The Morgan fingerprint density at radius 1 is 1.45 bits per heavy atom. The number of nitrogens with one attached hydrogen (secondary N) is 1. The van der Waals surface area contributed by atoms with E-state index in [9.17, 15) is 4.79 Å². The summed E-state index contributed by atoms with van der Waals surface area (Å²) < 4.78 is 0. The largest absolute Gasteiger partial charge is 0.354 e. The van der Waals surface area contributed by atoms with Gasteiger partial charge in [-0.25, -0.2) is 5.84 Å². The smallest absolute Gasteiger partial charge is 0.256 e. The molecule has 2 atom stereocenters. The van der Waals surface area contributed by atoms with Gasteiger partial charge in [-0.15, -0.1) is 0 Å². The quantitative estimate of drug-likeness (QED) is 0.509. The molecule has 0 spiro atoms. The minimum atomic E-state index is -0.313. The summed E-state index contributed by atoms with van der Waals surface area (Å²) in [6, 6.07) is 5.61. The Morgan fingerprint density at radius 2 is 2.09 bits per heavy atom. The van der Waals surface area contributed by atoms with Crippen molar-refractivity contribution in [1.29, 1.82) is 0 Å². The Bertz CT molecular complexity index is 571. The molecular formula is C17H26ClN3O. The van der Waals surface area contributed by atoms with Crippen LogP contribution in [-0.4, -0.2) is 17.5 Å². The molecule has 0 fully saturated rings. The third-order valence-electron chi connectivity index (χ3n) is 4.56. The van der Waals surface area contributed by atoms with Crippen molar-refractivity contribution < 1.29 is 4.79 Å². The second-order valence-electron chi connectivity index (χ2n) is 7.19. The highest BCUT2D eigenvalue weighted by Gasteiger charge is 2.43. The molecular weight excluding hydrogens is 298 g/mol. The highest BCUT2D eigenvalue weighted by molar-refractivity contribution is 6.30. The minimum absolute atomic E-state index is 0.137. The summed E-state index contributed by atoms with van der Waals surface area (Å²) in [5, 5.41) is 0.731. The predicted octanol–water partition coefficient (Wildman–Crippen LogP) is 3.45. The number of hydrogen-bond acceptors (Lipinski definition) is 3. The average Bonchev–Trinajstić information content (AvgIpc) is 2.42. The molecule has 122 valence electrons. The molecule has 0 aromatic heterocycles. The number of fused-ring (bicyclic) bond motifs is 1. The highest BCUT2D eigenvalue weighted by atomic mass is 35.5. The number of benzene rings is 1. The molecule has 1 aromatic rings. The molecule has 1 heterocycles. The van der Waals surface area contributed by atoms with Gasteiger partial charge < -0.3 is 4.90 Å². The molecule has 1 aliphatic rings. The van der Waals surface area contributed by atoms with E-state index in [0.29, 0.717) is 5.92 Å². The zero-order valence-corrected chi connectivity index (χ0v) is 14.7. The van der Waals surface area contributed by atoms with Crippen molar-refractivity contribution in [3.05, 3.63) is 28.8 Å². The molecule has 1 amide bonds. The predicted molar refractivity (Wildman–Crippen MR) is 92.0 cm³/mol. The van der Waals surface area contributed by atoms with E-state index >= 15 is 0 Å². The van der Waals surface area contributed by atoms with Gasteiger partial charge in [0.25, 0.3) is 5.91 Å². The summed E-state index contributed by atoms with van der Waals surface area (Å²) in [5.74, 6) is 5.81. The van der Waals surface area contributed by atoms with Crippen LogP contribution in [0.2, 0.25) is 5.02 Å². The maximum atomic E-state index is 12.4. The molecule has 22 heavy (non-hydrogen) atoms. The number of carbonyl (C=O) groups excluding carboxylic acids is 1. The second kappa shape index (κ2) is 6.09. The van der Waals surface area contributed by atoms with Gasteiger partial charge in [0.2, 0.25) is 0 Å². The van der Waals surface area contributed by atoms with Crippen molar-refractivity contribution >= 4 is 23.2 Å². The van der Waals surface area contributed by atoms with E-state index in [1.165, 1.54) is 5.56 Å². The van der Waals surface area contributed by atoms with Gasteiger partial charge in [-0.1, -0.05) is 32.4 Å². The molecule has 1 aliphatic heterocycles. The van der Waals surface area contributed by atoms with E-state index in [-0.39, 0.29) is 23.4 Å². The summed E-state index contributed by atoms with van der Waals surface area (Å²) in [7, 11) is 0. The minimum Gasteiger partial charge on any atom is -0.354 e. The van der Waals surface area contributed by atoms with Crippen LogP contribution < -0.4 is 16.2 Å². The first kappa shape index (κ1) is 17.1. The van der Waals surface area contributed by atoms with Gasteiger partial charge in [-0.3, -0.25) is 10.2 Å². The first-order valence-electron chi connectivity index (χ1n) is 7.78. The molecule has 0 saturated heterocycles. The Morgan fingerprint density at radius 3 is 2.64 bits per heavy atom. The van der Waals surface area contributed by atoms with E-state index in [4.69, 9.17) is 17.4 Å². The van der Waals surface area contributed by atoms with Crippen molar-refractivity contribution in [2.24, 2.45) is 11.8 Å². The van der Waals surface area contributed by atoms with Crippen molar-refractivity contribution in [3.63, 3.8) is 0 Å². The van der Waals surface area contributed by atoms with E-state index in [2.05, 4.69) is 31.1 Å². The number of nitrogens with two attached hydrogens (primary N) is 1. The normalized spacial score (nSPS) is 21.5. The Hall–Kier alpha value is -1.26. The molecule has 5 heteroatoms. The van der Waals surface area contributed by atoms with E-state index in [1.807, 2.05) is 32.0 Å². The van der Waals surface area contributed by atoms with E-state index in [1.54, 1.807) is 0 Å². The van der Waals surface area contributed by atoms with Crippen LogP contribution in [0, 0.1) is 5.92 Å². The highest BCUT2D eigenvalue weighted by Crippen LogP contribution is 2.46. The number of halogens is 1. The molecule has 0 aliphatic carbocycles. The standard InChI is InChI=1S/C17H26ClN3O/c1-10(2)15(16(22)20-19)21-14-7-6-12(18)8-13(14)11(3)9-17(21,4)5/h6-8,10-11,15H,9,19H2,1-5H3,(H,20,22)/t11-,15-/m0/s1. The van der Waals surface area contributed by atoms with Gasteiger partial charge in [-0.2, -0.15) is 0 Å². The summed E-state index contributed by atoms with van der Waals surface area (Å²) in [4.78, 5) is 14.6. The molecule has 0 bridgehead atoms. The third-order valence-corrected chi connectivity index (χ3v) is 4.79. The number of anilines is 1. The van der Waals surface area contributed by atoms with E-state index in [0.717, 1.165) is 17.1 Å². The lowest BCUT2D eigenvalue weighted by Crippen LogP contribution is -2.61. The lowest BCUT2D eigenvalue weighted by Gasteiger charge is -2.51. The van der Waals surface area contributed by atoms with Crippen LogP contribution in [0.1, 0.15) is 52.5 Å². The Balaban J connectivity index is 2.61. The van der Waals surface area contributed by atoms with Gasteiger partial charge >= 0.3 is 0 Å². The van der Waals surface area contributed by atoms with Crippen LogP contribution >= 0.6 is 11.6 Å². The maximum absolute atomic E-state index is 12.4. The second-order valence-corrected chi connectivity index (χ2v) is 7.62. The lowest BCUT2D eigenvalue weighted by molar-refractivity contribution is -0.123. The van der Waals surface area contributed by atoms with Crippen LogP contribution in [0.4, 0.5) is 5.69 Å². The number of hydrazine groups is 1. The maximum Gasteiger partial charge on any atom is 0.256 e. The zero-order chi connectivity index (χ0) is 16.7. The van der Waals surface area contributed by atoms with Crippen LogP contribution in [0.15, 0.2) is 18.2 Å². The molecule has 0 radical (unpaired) electrons. The zero-order valence-electron chi connectivity index (χ0n) is 14.0. The van der Waals surface area contributed by atoms with Crippen LogP contribution in [0.3, 0.4) is 0 Å². The first-order valence-corrected chi connectivity index (χ1v) is 8.16. The van der Waals surface area contributed by atoms with Gasteiger partial charge in [-0.05, 0) is 55.9 Å². The van der Waals surface area contributed by atoms with Gasteiger partial charge in [0.05, 0.1) is 0 Å². The Kier molecular flexibility index (Phi) is 4.73. The lowest BCUT2D eigenvalue weighted by atomic mass is 9.78. The fourth-order valence-corrected chi connectivity index (χ4v) is 3.93. The van der Waals surface area contributed by atoms with Crippen molar-refractivity contribution in [2.45, 2.75) is 58.5 Å². The van der Waals surface area contributed by atoms with Crippen LogP contribution in [0.25, 0.3) is 0 Å². The number of amides is 1. The number of carbonyl (C=O) groups is 1. The fourth-order valence-electron chi connectivity index (χ4n) is 3.75. The molecule has 0 unspecified atom stereocenters. The van der Waals surface area contributed by atoms with Gasteiger partial charge in [0, 0.05) is 16.2 Å². The third kappa shape index (κ3) is 2.95. The van der Waals surface area contributed by atoms with Crippen LogP contribution in [-0.2, 0) is 4.79 Å². The van der Waals surface area contributed by atoms with E-state index < -0.39 is 0 Å². The average molecular weight is 324 g/mol. The summed E-state index contributed by atoms with van der Waals surface area (Å²) in [6.07, 6.45) is 0.960. The SMILES string of the molecule is CC(C)[C@@H](C(=O)NN)N1c2ccc(Cl)cc2[C@@H](C)CC1(C)C. The number of rotatable bonds is 3. The summed E-state index contributed by atoms with van der Waals surface area (Å²) in [5.41, 5.74) is 4.47. The molecule has 2 rings (SSSR count). The van der Waals surface area contributed by atoms with Gasteiger partial charge in [0.15, 0.2) is 0 Å². The number of nitrogens with zero attached hydrogens (tertiary/aromatic N) is 1. The molecule has 4 nitrogen and oxygen atoms in total. The fraction of sp³-hybridized carbons (Fsp3) is 0.588.